The first-order valence-corrected chi connectivity index (χ1v) is 9.21. The summed E-state index contributed by atoms with van der Waals surface area (Å²) in [7, 11) is -3.39. The van der Waals surface area contributed by atoms with Gasteiger partial charge in [-0.25, -0.2) is 8.42 Å². The van der Waals surface area contributed by atoms with Crippen LogP contribution >= 0.6 is 0 Å². The van der Waals surface area contributed by atoms with E-state index in [-0.39, 0.29) is 5.75 Å². The first-order valence-electron chi connectivity index (χ1n) is 7.56. The first-order chi connectivity index (χ1) is 11.5. The Morgan fingerprint density at radius 3 is 2.46 bits per heavy atom. The number of hydrogen-bond acceptors (Lipinski definition) is 5. The van der Waals surface area contributed by atoms with Crippen LogP contribution in [-0.4, -0.2) is 13.6 Å². The summed E-state index contributed by atoms with van der Waals surface area (Å²) in [6.45, 7) is 2.30. The number of aryl methyl sites for hydroxylation is 1. The molecule has 124 valence electrons. The molecule has 0 aliphatic rings. The average molecular weight is 342 g/mol. The number of nitrogens with zero attached hydrogens (tertiary/aromatic N) is 1. The number of hydrogen-bond donors (Lipinski definition) is 1. The van der Waals surface area contributed by atoms with Crippen molar-refractivity contribution in [2.24, 2.45) is 0 Å². The van der Waals surface area contributed by atoms with Gasteiger partial charge in [-0.2, -0.15) is 0 Å². The smallest absolute Gasteiger partial charge is 0.182 e. The van der Waals surface area contributed by atoms with Crippen molar-refractivity contribution in [1.29, 1.82) is 0 Å². The zero-order valence-electron chi connectivity index (χ0n) is 13.3. The Hall–Kier alpha value is -2.60. The van der Waals surface area contributed by atoms with Crippen LogP contribution in [0.4, 0.5) is 5.69 Å². The van der Waals surface area contributed by atoms with Gasteiger partial charge in [0.1, 0.15) is 11.5 Å². The molecule has 1 heterocycles. The lowest BCUT2D eigenvalue weighted by Gasteiger charge is -2.11. The van der Waals surface area contributed by atoms with Crippen molar-refractivity contribution >= 4 is 15.5 Å². The van der Waals surface area contributed by atoms with E-state index >= 15 is 0 Å². The Bertz CT molecular complexity index is 918. The Morgan fingerprint density at radius 2 is 1.75 bits per heavy atom. The van der Waals surface area contributed by atoms with Crippen LogP contribution in [0.5, 0.6) is 0 Å². The van der Waals surface area contributed by atoms with Crippen LogP contribution in [0.15, 0.2) is 70.1 Å². The van der Waals surface area contributed by atoms with E-state index in [4.69, 9.17) is 4.52 Å². The number of benzene rings is 2. The summed E-state index contributed by atoms with van der Waals surface area (Å²) in [5.41, 5.74) is 2.27. The highest BCUT2D eigenvalue weighted by molar-refractivity contribution is 7.90. The molecule has 0 atom stereocenters. The molecule has 5 nitrogen and oxygen atoms in total. The highest BCUT2D eigenvalue weighted by atomic mass is 32.2. The monoisotopic (exact) mass is 342 g/mol. The minimum Gasteiger partial charge on any atom is -0.379 e. The number of anilines is 1. The Kier molecular flexibility index (Phi) is 4.66. The Balaban J connectivity index is 1.79. The van der Waals surface area contributed by atoms with Crippen LogP contribution in [0.2, 0.25) is 0 Å². The predicted octanol–water partition coefficient (Wildman–Crippen LogP) is 3.57. The number of nitrogens with one attached hydrogen (secondary N) is 1. The molecule has 2 aromatic carbocycles. The van der Waals surface area contributed by atoms with Crippen LogP contribution in [0, 0.1) is 6.92 Å². The van der Waals surface area contributed by atoms with Crippen molar-refractivity contribution in [3.8, 4) is 0 Å². The molecule has 1 N–H and O–H groups in total. The van der Waals surface area contributed by atoms with Gasteiger partial charge in [0.25, 0.3) is 0 Å². The van der Waals surface area contributed by atoms with Crippen LogP contribution in [0.25, 0.3) is 0 Å². The van der Waals surface area contributed by atoms with E-state index in [0.29, 0.717) is 11.4 Å². The second-order valence-corrected chi connectivity index (χ2v) is 7.50. The largest absolute Gasteiger partial charge is 0.379 e. The van der Waals surface area contributed by atoms with Crippen molar-refractivity contribution in [2.75, 3.05) is 5.32 Å². The van der Waals surface area contributed by atoms with Crippen molar-refractivity contribution in [3.05, 3.63) is 77.7 Å². The van der Waals surface area contributed by atoms with Gasteiger partial charge in [0.05, 0.1) is 17.2 Å². The lowest BCUT2D eigenvalue weighted by atomic mass is 10.2. The minimum absolute atomic E-state index is 0.0575. The van der Waals surface area contributed by atoms with Gasteiger partial charge in [-0.3, -0.25) is 0 Å². The fourth-order valence-electron chi connectivity index (χ4n) is 2.42. The third kappa shape index (κ3) is 3.83. The lowest BCUT2D eigenvalue weighted by molar-refractivity contribution is 0.391. The van der Waals surface area contributed by atoms with Gasteiger partial charge >= 0.3 is 0 Å². The summed E-state index contributed by atoms with van der Waals surface area (Å²) in [6.07, 6.45) is 0. The normalized spacial score (nSPS) is 11.4. The average Bonchev–Trinajstić information content (AvgIpc) is 3.00. The van der Waals surface area contributed by atoms with Crippen molar-refractivity contribution in [1.82, 2.24) is 5.16 Å². The standard InChI is InChI=1S/C18H18N2O3S/c1-14-11-16(20-23-14)12-19-18-10-6-5-7-15(18)13-24(21,22)17-8-3-2-4-9-17/h2-11,19H,12-13H2,1H3. The second kappa shape index (κ2) is 6.88. The molecule has 0 radical (unpaired) electrons. The minimum atomic E-state index is -3.39. The van der Waals surface area contributed by atoms with E-state index in [1.807, 2.05) is 37.3 Å². The molecule has 0 amide bonds. The molecule has 3 aromatic rings. The zero-order chi connectivity index (χ0) is 17.0. The van der Waals surface area contributed by atoms with Crippen LogP contribution in [-0.2, 0) is 22.1 Å². The van der Waals surface area contributed by atoms with E-state index in [1.165, 1.54) is 0 Å². The highest BCUT2D eigenvalue weighted by Gasteiger charge is 2.17. The molecule has 6 heteroatoms. The quantitative estimate of drug-likeness (QED) is 0.741. The van der Waals surface area contributed by atoms with E-state index in [2.05, 4.69) is 10.5 Å². The van der Waals surface area contributed by atoms with Gasteiger partial charge in [-0.15, -0.1) is 0 Å². The fourth-order valence-corrected chi connectivity index (χ4v) is 3.82. The molecule has 0 saturated heterocycles. The highest BCUT2D eigenvalue weighted by Crippen LogP contribution is 2.22. The number of aromatic nitrogens is 1. The molecule has 3 rings (SSSR count). The molecule has 0 aliphatic heterocycles. The summed E-state index contributed by atoms with van der Waals surface area (Å²) < 4.78 is 30.2. The molecular formula is C18H18N2O3S. The molecule has 0 saturated carbocycles. The third-order valence-electron chi connectivity index (χ3n) is 3.60. The second-order valence-electron chi connectivity index (χ2n) is 5.51. The van der Waals surface area contributed by atoms with Crippen LogP contribution < -0.4 is 5.32 Å². The third-order valence-corrected chi connectivity index (χ3v) is 5.28. The van der Waals surface area contributed by atoms with E-state index < -0.39 is 9.84 Å². The first kappa shape index (κ1) is 16.3. The van der Waals surface area contributed by atoms with E-state index in [1.54, 1.807) is 30.3 Å². The summed E-state index contributed by atoms with van der Waals surface area (Å²) in [5.74, 6) is 0.685. The molecule has 0 spiro atoms. The number of sulfone groups is 1. The van der Waals surface area contributed by atoms with Crippen molar-refractivity contribution < 1.29 is 12.9 Å². The van der Waals surface area contributed by atoms with Crippen molar-refractivity contribution in [2.45, 2.75) is 24.1 Å². The molecular weight excluding hydrogens is 324 g/mol. The number of para-hydroxylation sites is 1. The van der Waals surface area contributed by atoms with Gasteiger partial charge in [-0.1, -0.05) is 41.6 Å². The van der Waals surface area contributed by atoms with E-state index in [0.717, 1.165) is 22.7 Å². The van der Waals surface area contributed by atoms with Gasteiger partial charge < -0.3 is 9.84 Å². The summed E-state index contributed by atoms with van der Waals surface area (Å²) in [4.78, 5) is 0.326. The maximum atomic E-state index is 12.6. The maximum absolute atomic E-state index is 12.6. The summed E-state index contributed by atoms with van der Waals surface area (Å²) in [5, 5.41) is 7.16. The molecule has 0 aliphatic carbocycles. The van der Waals surface area contributed by atoms with Crippen LogP contribution in [0.3, 0.4) is 0 Å². The van der Waals surface area contributed by atoms with Crippen LogP contribution in [0.1, 0.15) is 17.0 Å². The zero-order valence-corrected chi connectivity index (χ0v) is 14.1. The molecule has 1 aromatic heterocycles. The van der Waals surface area contributed by atoms with Gasteiger partial charge in [0.2, 0.25) is 0 Å². The van der Waals surface area contributed by atoms with Gasteiger partial charge in [0, 0.05) is 11.8 Å². The summed E-state index contributed by atoms with van der Waals surface area (Å²) in [6, 6.07) is 17.7. The maximum Gasteiger partial charge on any atom is 0.182 e. The number of rotatable bonds is 6. The van der Waals surface area contributed by atoms with E-state index in [9.17, 15) is 8.42 Å². The fraction of sp³-hybridized carbons (Fsp3) is 0.167. The molecule has 0 bridgehead atoms. The SMILES string of the molecule is Cc1cc(CNc2ccccc2CS(=O)(=O)c2ccccc2)no1. The van der Waals surface area contributed by atoms with Gasteiger partial charge in [-0.05, 0) is 30.7 Å². The lowest BCUT2D eigenvalue weighted by Crippen LogP contribution is -2.08. The molecule has 0 unspecified atom stereocenters. The molecule has 24 heavy (non-hydrogen) atoms. The predicted molar refractivity (Wildman–Crippen MR) is 92.3 cm³/mol. The topological polar surface area (TPSA) is 72.2 Å². The van der Waals surface area contributed by atoms with Gasteiger partial charge in [0.15, 0.2) is 9.84 Å². The van der Waals surface area contributed by atoms with Crippen molar-refractivity contribution in [3.63, 3.8) is 0 Å². The molecule has 0 fully saturated rings. The summed E-state index contributed by atoms with van der Waals surface area (Å²) >= 11 is 0. The Labute approximate surface area is 141 Å². The Morgan fingerprint density at radius 1 is 1.04 bits per heavy atom.